The molecule has 0 aromatic heterocycles. The van der Waals surface area contributed by atoms with Crippen LogP contribution in [-0.4, -0.2) is 25.5 Å². The van der Waals surface area contributed by atoms with Gasteiger partial charge >= 0.3 is 0 Å². The highest BCUT2D eigenvalue weighted by Crippen LogP contribution is 2.45. The Hall–Kier alpha value is -0.580. The van der Waals surface area contributed by atoms with Crippen molar-refractivity contribution in [3.8, 4) is 0 Å². The van der Waals surface area contributed by atoms with Crippen molar-refractivity contribution in [3.63, 3.8) is 0 Å². The average Bonchev–Trinajstić information content (AvgIpc) is 2.92. The first kappa shape index (κ1) is 11.9. The molecule has 88 valence electrons. The van der Waals surface area contributed by atoms with E-state index in [-0.39, 0.29) is 17.7 Å². The fourth-order valence-electron chi connectivity index (χ4n) is 2.06. The molecule has 0 spiro atoms. The van der Waals surface area contributed by atoms with Crippen LogP contribution < -0.4 is 5.73 Å². The van der Waals surface area contributed by atoms with Gasteiger partial charge in [-0.05, 0) is 17.7 Å². The van der Waals surface area contributed by atoms with E-state index in [1.165, 1.54) is 0 Å². The molecular weight excluding hydrogens is 246 g/mol. The lowest BCUT2D eigenvalue weighted by molar-refractivity contribution is 0.594. The number of nitrogens with two attached hydrogens (primary N) is 1. The van der Waals surface area contributed by atoms with Gasteiger partial charge in [-0.25, -0.2) is 8.42 Å². The summed E-state index contributed by atoms with van der Waals surface area (Å²) in [4.78, 5) is 0. The van der Waals surface area contributed by atoms with Gasteiger partial charge in [0.1, 0.15) is 0 Å². The van der Waals surface area contributed by atoms with E-state index < -0.39 is 15.1 Å². The monoisotopic (exact) mass is 259 g/mol. The molecule has 1 aromatic rings. The molecule has 1 saturated carbocycles. The van der Waals surface area contributed by atoms with Gasteiger partial charge in [0.25, 0.3) is 0 Å². The Morgan fingerprint density at radius 1 is 1.31 bits per heavy atom. The van der Waals surface area contributed by atoms with Crippen molar-refractivity contribution in [2.75, 3.05) is 5.75 Å². The van der Waals surface area contributed by atoms with Crippen LogP contribution >= 0.6 is 11.6 Å². The molecule has 1 aliphatic carbocycles. The molecule has 5 heteroatoms. The van der Waals surface area contributed by atoms with Crippen LogP contribution in [0, 0.1) is 0 Å². The molecule has 16 heavy (non-hydrogen) atoms. The Balaban J connectivity index is 2.24. The van der Waals surface area contributed by atoms with E-state index in [2.05, 4.69) is 0 Å². The molecule has 2 N–H and O–H groups in total. The number of halogens is 1. The highest BCUT2D eigenvalue weighted by Gasteiger charge is 2.55. The number of hydrogen-bond donors (Lipinski definition) is 1. The van der Waals surface area contributed by atoms with Crippen molar-refractivity contribution >= 4 is 21.4 Å². The molecule has 0 amide bonds. The fraction of sp³-hybridized carbons (Fsp3) is 0.455. The summed E-state index contributed by atoms with van der Waals surface area (Å²) in [5, 5.41) is 0.228. The summed E-state index contributed by atoms with van der Waals surface area (Å²) < 4.78 is 23.4. The van der Waals surface area contributed by atoms with Crippen molar-refractivity contribution in [1.82, 2.24) is 0 Å². The van der Waals surface area contributed by atoms with Crippen molar-refractivity contribution in [2.45, 2.75) is 24.1 Å². The van der Waals surface area contributed by atoms with Crippen LogP contribution in [0.25, 0.3) is 0 Å². The van der Waals surface area contributed by atoms with Gasteiger partial charge in [-0.15, -0.1) is 0 Å². The largest absolute Gasteiger partial charge is 0.326 e. The van der Waals surface area contributed by atoms with E-state index in [0.717, 1.165) is 5.56 Å². The summed E-state index contributed by atoms with van der Waals surface area (Å²) in [7, 11) is -3.04. The summed E-state index contributed by atoms with van der Waals surface area (Å²) in [6, 6.07) is 6.94. The van der Waals surface area contributed by atoms with Crippen molar-refractivity contribution in [2.24, 2.45) is 5.73 Å². The van der Waals surface area contributed by atoms with E-state index >= 15 is 0 Å². The maximum atomic E-state index is 11.7. The van der Waals surface area contributed by atoms with Gasteiger partial charge in [0.2, 0.25) is 0 Å². The molecule has 0 heterocycles. The van der Waals surface area contributed by atoms with Crippen molar-refractivity contribution in [3.05, 3.63) is 34.9 Å². The fourth-order valence-corrected chi connectivity index (χ4v) is 3.91. The maximum Gasteiger partial charge on any atom is 0.155 e. The predicted molar refractivity (Wildman–Crippen MR) is 65.4 cm³/mol. The standard InChI is InChI=1S/C11H14ClNO2S/c1-2-16(14,15)11-9(10(11)13)7-3-5-8(12)6-4-7/h3-6,9-11H,2,13H2,1H3/t9-,10+,11-/m0/s1. The van der Waals surface area contributed by atoms with Crippen LogP contribution in [0.2, 0.25) is 5.02 Å². The first-order valence-electron chi connectivity index (χ1n) is 5.20. The molecule has 1 fully saturated rings. The summed E-state index contributed by atoms with van der Waals surface area (Å²) in [5.41, 5.74) is 6.79. The maximum absolute atomic E-state index is 11.7. The summed E-state index contributed by atoms with van der Waals surface area (Å²) in [6.07, 6.45) is 0. The number of hydrogen-bond acceptors (Lipinski definition) is 3. The molecular formula is C11H14ClNO2S. The second kappa shape index (κ2) is 4.02. The minimum absolute atomic E-state index is 0.0674. The van der Waals surface area contributed by atoms with E-state index in [4.69, 9.17) is 17.3 Å². The van der Waals surface area contributed by atoms with Gasteiger partial charge < -0.3 is 5.73 Å². The normalized spacial score (nSPS) is 29.1. The number of sulfone groups is 1. The Labute approximate surface area is 101 Å². The molecule has 0 radical (unpaired) electrons. The highest BCUT2D eigenvalue weighted by molar-refractivity contribution is 7.92. The van der Waals surface area contributed by atoms with Crippen molar-refractivity contribution < 1.29 is 8.42 Å². The van der Waals surface area contributed by atoms with Crippen LogP contribution in [0.3, 0.4) is 0 Å². The Bertz CT molecular complexity index is 483. The van der Waals surface area contributed by atoms with Crippen LogP contribution in [0.1, 0.15) is 18.4 Å². The zero-order chi connectivity index (χ0) is 11.9. The van der Waals surface area contributed by atoms with Crippen LogP contribution in [-0.2, 0) is 9.84 Å². The van der Waals surface area contributed by atoms with Crippen molar-refractivity contribution in [1.29, 1.82) is 0 Å². The molecule has 0 bridgehead atoms. The zero-order valence-electron chi connectivity index (χ0n) is 8.93. The molecule has 2 rings (SSSR count). The second-order valence-electron chi connectivity index (χ2n) is 4.07. The number of benzene rings is 1. The zero-order valence-corrected chi connectivity index (χ0v) is 10.5. The Morgan fingerprint density at radius 3 is 2.38 bits per heavy atom. The average molecular weight is 260 g/mol. The van der Waals surface area contributed by atoms with Gasteiger partial charge in [-0.1, -0.05) is 30.7 Å². The first-order valence-corrected chi connectivity index (χ1v) is 7.29. The van der Waals surface area contributed by atoms with Gasteiger partial charge in [0.05, 0.1) is 5.25 Å². The van der Waals surface area contributed by atoms with Gasteiger partial charge in [-0.2, -0.15) is 0 Å². The van der Waals surface area contributed by atoms with Crippen LogP contribution in [0.15, 0.2) is 24.3 Å². The van der Waals surface area contributed by atoms with Gasteiger partial charge in [0.15, 0.2) is 9.84 Å². The minimum atomic E-state index is -3.04. The molecule has 3 atom stereocenters. The van der Waals surface area contributed by atoms with E-state index in [9.17, 15) is 8.42 Å². The summed E-state index contributed by atoms with van der Waals surface area (Å²) in [6.45, 7) is 1.65. The van der Waals surface area contributed by atoms with Gasteiger partial charge in [-0.3, -0.25) is 0 Å². The van der Waals surface area contributed by atoms with Crippen LogP contribution in [0.4, 0.5) is 0 Å². The summed E-state index contributed by atoms with van der Waals surface area (Å²) >= 11 is 5.78. The molecule has 1 aliphatic rings. The molecule has 1 aromatic carbocycles. The van der Waals surface area contributed by atoms with Gasteiger partial charge in [0, 0.05) is 22.7 Å². The minimum Gasteiger partial charge on any atom is -0.326 e. The number of rotatable bonds is 3. The third-order valence-corrected chi connectivity index (χ3v) is 5.57. The third-order valence-electron chi connectivity index (χ3n) is 3.08. The Kier molecular flexibility index (Phi) is 2.99. The lowest BCUT2D eigenvalue weighted by atomic mass is 10.1. The summed E-state index contributed by atoms with van der Waals surface area (Å²) in [5.74, 6) is 0.0809. The molecule has 0 unspecified atom stereocenters. The molecule has 0 aliphatic heterocycles. The molecule has 0 saturated heterocycles. The van der Waals surface area contributed by atoms with E-state index in [0.29, 0.717) is 5.02 Å². The SMILES string of the molecule is CCS(=O)(=O)[C@@H]1[C@H](N)[C@@H]1c1ccc(Cl)cc1. The highest BCUT2D eigenvalue weighted by atomic mass is 35.5. The third kappa shape index (κ3) is 1.97. The quantitative estimate of drug-likeness (QED) is 0.896. The topological polar surface area (TPSA) is 60.2 Å². The lowest BCUT2D eigenvalue weighted by Gasteiger charge is -2.00. The first-order chi connectivity index (χ1) is 7.47. The molecule has 3 nitrogen and oxygen atoms in total. The predicted octanol–water partition coefficient (Wildman–Crippen LogP) is 1.57. The smallest absolute Gasteiger partial charge is 0.155 e. The van der Waals surface area contributed by atoms with Crippen LogP contribution in [0.5, 0.6) is 0 Å². The Morgan fingerprint density at radius 2 is 1.88 bits per heavy atom. The second-order valence-corrected chi connectivity index (χ2v) is 6.95. The van der Waals surface area contributed by atoms with E-state index in [1.54, 1.807) is 19.1 Å². The lowest BCUT2D eigenvalue weighted by Crippen LogP contribution is -2.17. The van der Waals surface area contributed by atoms with E-state index in [1.807, 2.05) is 12.1 Å².